The molecule has 0 fully saturated rings. The maximum Gasteiger partial charge on any atom is 0.347 e. The highest BCUT2D eigenvalue weighted by atomic mass is 35.5. The summed E-state index contributed by atoms with van der Waals surface area (Å²) in [5.74, 6) is 4.38. The number of carbonyl (C=O) groups excluding carboxylic acids is 2. The van der Waals surface area contributed by atoms with Crippen LogP contribution in [0.5, 0.6) is 0 Å². The molecule has 0 spiro atoms. The first kappa shape index (κ1) is 11.5. The number of carbonyl (C=O) groups is 2. The van der Waals surface area contributed by atoms with E-state index >= 15 is 0 Å². The smallest absolute Gasteiger partial charge is 0.275 e. The average Bonchev–Trinajstić information content (AvgIpc) is 2.26. The van der Waals surface area contributed by atoms with Crippen molar-refractivity contribution in [3.05, 3.63) is 23.8 Å². The number of allylic oxidation sites excluding steroid dienone is 2. The molecule has 0 aromatic heterocycles. The van der Waals surface area contributed by atoms with Crippen molar-refractivity contribution in [2.45, 2.75) is 11.8 Å². The van der Waals surface area contributed by atoms with Gasteiger partial charge >= 0.3 is 6.03 Å². The molecular weight excluding hydrogens is 220 g/mol. The fourth-order valence-corrected chi connectivity index (χ4v) is 1.15. The van der Waals surface area contributed by atoms with Gasteiger partial charge in [0.25, 0.3) is 5.91 Å². The van der Waals surface area contributed by atoms with Gasteiger partial charge in [0.15, 0.2) is 0 Å². The largest absolute Gasteiger partial charge is 0.347 e. The first-order chi connectivity index (χ1) is 7.13. The molecule has 0 aliphatic heterocycles. The number of urea groups is 1. The Morgan fingerprint density at radius 2 is 2.20 bits per heavy atom. The Morgan fingerprint density at radius 1 is 1.47 bits per heavy atom. The molecule has 15 heavy (non-hydrogen) atoms. The fourth-order valence-electron chi connectivity index (χ4n) is 0.984. The molecule has 3 amide bonds. The second-order valence-electron chi connectivity index (χ2n) is 2.82. The van der Waals surface area contributed by atoms with Gasteiger partial charge in [-0.1, -0.05) is 18.2 Å². The van der Waals surface area contributed by atoms with E-state index in [2.05, 4.69) is 10.9 Å². The average molecular weight is 231 g/mol. The highest BCUT2D eigenvalue weighted by Gasteiger charge is 2.11. The molecule has 1 unspecified atom stereocenters. The minimum atomic E-state index is -0.695. The van der Waals surface area contributed by atoms with E-state index in [0.717, 1.165) is 0 Å². The molecule has 82 valence electrons. The highest BCUT2D eigenvalue weighted by molar-refractivity contribution is 6.22. The van der Waals surface area contributed by atoms with Crippen molar-refractivity contribution in [2.75, 3.05) is 0 Å². The molecule has 1 atom stereocenters. The first-order valence-corrected chi connectivity index (χ1v) is 4.66. The number of amides is 3. The number of halogens is 1. The third-order valence-electron chi connectivity index (χ3n) is 1.73. The van der Waals surface area contributed by atoms with Crippen LogP contribution in [0, 0.1) is 0 Å². The molecule has 0 radical (unpaired) electrons. The topological polar surface area (TPSA) is 96.2 Å². The summed E-state index contributed by atoms with van der Waals surface area (Å²) in [6.07, 6.45) is 5.58. The van der Waals surface area contributed by atoms with Crippen molar-refractivity contribution in [3.8, 4) is 0 Å². The summed E-state index contributed by atoms with van der Waals surface area (Å²) in [6.45, 7) is 0. The molecule has 0 aromatic carbocycles. The van der Waals surface area contributed by atoms with Gasteiger partial charge in [-0.2, -0.15) is 0 Å². The Balaban J connectivity index is 2.42. The highest BCUT2D eigenvalue weighted by Crippen LogP contribution is 2.14. The van der Waals surface area contributed by atoms with Crippen LogP contribution in [0.25, 0.3) is 0 Å². The van der Waals surface area contributed by atoms with E-state index < -0.39 is 11.9 Å². The van der Waals surface area contributed by atoms with Gasteiger partial charge in [-0.25, -0.2) is 16.1 Å². The fraction of sp³-hybridized carbons (Fsp3) is 0.250. The van der Waals surface area contributed by atoms with E-state index in [9.17, 15) is 9.59 Å². The molecule has 0 saturated carbocycles. The summed E-state index contributed by atoms with van der Waals surface area (Å²) in [7, 11) is 0. The summed E-state index contributed by atoms with van der Waals surface area (Å²) in [4.78, 5) is 22.0. The van der Waals surface area contributed by atoms with E-state index in [1.165, 1.54) is 0 Å². The molecule has 5 N–H and O–H groups in total. The number of alkyl halides is 1. The normalized spacial score (nSPS) is 19.1. The van der Waals surface area contributed by atoms with Crippen molar-refractivity contribution in [2.24, 2.45) is 5.84 Å². The molecule has 0 heterocycles. The van der Waals surface area contributed by atoms with Crippen molar-refractivity contribution >= 4 is 23.5 Å². The molecule has 1 rings (SSSR count). The number of hydrazine groups is 2. The maximum absolute atomic E-state index is 11.4. The lowest BCUT2D eigenvalue weighted by atomic mass is 10.1. The third kappa shape index (κ3) is 3.61. The van der Waals surface area contributed by atoms with Gasteiger partial charge in [-0.05, 0) is 6.42 Å². The molecule has 1 aliphatic rings. The first-order valence-electron chi connectivity index (χ1n) is 4.23. The van der Waals surface area contributed by atoms with Crippen molar-refractivity contribution < 1.29 is 9.59 Å². The van der Waals surface area contributed by atoms with Crippen LogP contribution in [0.15, 0.2) is 23.8 Å². The van der Waals surface area contributed by atoms with Crippen LogP contribution in [-0.2, 0) is 4.79 Å². The standard InChI is InChI=1S/C8H11ClN4O2/c9-6-3-1-5(2-4-6)7(14)12-13-8(15)11-10/h1-3,6H,4,10H2,(H,12,14)(H2,11,13,15). The summed E-state index contributed by atoms with van der Waals surface area (Å²) >= 11 is 5.78. The van der Waals surface area contributed by atoms with Crippen LogP contribution in [-0.4, -0.2) is 17.3 Å². The Labute approximate surface area is 91.5 Å². The van der Waals surface area contributed by atoms with Gasteiger partial charge in [0, 0.05) is 5.57 Å². The second kappa shape index (κ2) is 5.38. The lowest BCUT2D eigenvalue weighted by Gasteiger charge is -2.11. The number of nitrogens with two attached hydrogens (primary N) is 1. The Hall–Kier alpha value is -1.53. The van der Waals surface area contributed by atoms with E-state index in [1.807, 2.05) is 0 Å². The zero-order valence-electron chi connectivity index (χ0n) is 7.79. The van der Waals surface area contributed by atoms with Gasteiger partial charge in [0.1, 0.15) is 0 Å². The predicted octanol–water partition coefficient (Wildman–Crippen LogP) is -0.316. The summed E-state index contributed by atoms with van der Waals surface area (Å²) in [5.41, 5.74) is 6.49. The van der Waals surface area contributed by atoms with Gasteiger partial charge in [0.05, 0.1) is 5.38 Å². The Kier molecular flexibility index (Phi) is 4.14. The molecule has 0 saturated heterocycles. The van der Waals surface area contributed by atoms with Crippen LogP contribution < -0.4 is 22.1 Å². The van der Waals surface area contributed by atoms with Crippen molar-refractivity contribution in [1.82, 2.24) is 16.3 Å². The Morgan fingerprint density at radius 3 is 2.73 bits per heavy atom. The van der Waals surface area contributed by atoms with Crippen LogP contribution >= 0.6 is 11.6 Å². The number of rotatable bonds is 1. The summed E-state index contributed by atoms with van der Waals surface area (Å²) in [6, 6.07) is -0.695. The van der Waals surface area contributed by atoms with Crippen LogP contribution in [0.3, 0.4) is 0 Å². The SMILES string of the molecule is NNC(=O)NNC(=O)C1=CCC(Cl)C=C1. The number of nitrogens with one attached hydrogen (secondary N) is 3. The van der Waals surface area contributed by atoms with Crippen LogP contribution in [0.4, 0.5) is 4.79 Å². The quantitative estimate of drug-likeness (QED) is 0.215. The zero-order valence-corrected chi connectivity index (χ0v) is 8.54. The van der Waals surface area contributed by atoms with E-state index in [-0.39, 0.29) is 5.38 Å². The molecule has 0 aromatic rings. The lowest BCUT2D eigenvalue weighted by molar-refractivity contribution is -0.117. The summed E-state index contributed by atoms with van der Waals surface area (Å²) < 4.78 is 0. The molecule has 7 heteroatoms. The summed E-state index contributed by atoms with van der Waals surface area (Å²) in [5, 5.41) is -0.0816. The van der Waals surface area contributed by atoms with Crippen LogP contribution in [0.2, 0.25) is 0 Å². The molecular formula is C8H11ClN4O2. The van der Waals surface area contributed by atoms with Gasteiger partial charge < -0.3 is 0 Å². The lowest BCUT2D eigenvalue weighted by Crippen LogP contribution is -2.49. The second-order valence-corrected chi connectivity index (χ2v) is 3.38. The van der Waals surface area contributed by atoms with E-state index in [0.29, 0.717) is 12.0 Å². The Bertz CT molecular complexity index is 327. The third-order valence-corrected chi connectivity index (χ3v) is 2.05. The maximum atomic E-state index is 11.4. The minimum absolute atomic E-state index is 0.0816. The zero-order chi connectivity index (χ0) is 11.3. The molecule has 1 aliphatic carbocycles. The van der Waals surface area contributed by atoms with Gasteiger partial charge in [-0.3, -0.25) is 15.6 Å². The monoisotopic (exact) mass is 230 g/mol. The number of hydrogen-bond acceptors (Lipinski definition) is 3. The minimum Gasteiger partial charge on any atom is -0.275 e. The van der Waals surface area contributed by atoms with Crippen molar-refractivity contribution in [3.63, 3.8) is 0 Å². The van der Waals surface area contributed by atoms with Gasteiger partial charge in [-0.15, -0.1) is 11.6 Å². The predicted molar refractivity (Wildman–Crippen MR) is 55.5 cm³/mol. The molecule has 0 bridgehead atoms. The van der Waals surface area contributed by atoms with Crippen LogP contribution in [0.1, 0.15) is 6.42 Å². The van der Waals surface area contributed by atoms with E-state index in [4.69, 9.17) is 17.4 Å². The molecule has 6 nitrogen and oxygen atoms in total. The van der Waals surface area contributed by atoms with E-state index in [1.54, 1.807) is 23.7 Å². The van der Waals surface area contributed by atoms with Gasteiger partial charge in [0.2, 0.25) is 0 Å². The van der Waals surface area contributed by atoms with Crippen molar-refractivity contribution in [1.29, 1.82) is 0 Å². The number of hydrogen-bond donors (Lipinski definition) is 4.